The molecule has 0 radical (unpaired) electrons. The normalized spacial score (nSPS) is 19.3. The molecule has 4 heteroatoms. The van der Waals surface area contributed by atoms with Crippen molar-refractivity contribution in [2.24, 2.45) is 5.92 Å². The first kappa shape index (κ1) is 13.3. The first-order valence-corrected chi connectivity index (χ1v) is 7.57. The molecule has 3 N–H and O–H groups in total. The highest BCUT2D eigenvalue weighted by Gasteiger charge is 2.18. The van der Waals surface area contributed by atoms with E-state index in [0.29, 0.717) is 18.0 Å². The maximum atomic E-state index is 11.4. The van der Waals surface area contributed by atoms with E-state index < -0.39 is 0 Å². The van der Waals surface area contributed by atoms with Crippen molar-refractivity contribution in [2.75, 3.05) is 17.7 Å². The van der Waals surface area contributed by atoms with Gasteiger partial charge >= 0.3 is 0 Å². The second kappa shape index (κ2) is 5.73. The van der Waals surface area contributed by atoms with Crippen LogP contribution in [0, 0.1) is 5.92 Å². The van der Waals surface area contributed by atoms with Crippen molar-refractivity contribution in [3.63, 3.8) is 0 Å². The van der Waals surface area contributed by atoms with Gasteiger partial charge in [-0.15, -0.1) is 0 Å². The number of carbonyl (C=O) groups excluding carboxylic acids is 1. The van der Waals surface area contributed by atoms with Crippen LogP contribution in [0.4, 0.5) is 11.4 Å². The Hall–Kier alpha value is -1.71. The summed E-state index contributed by atoms with van der Waals surface area (Å²) in [7, 11) is 0. The van der Waals surface area contributed by atoms with Crippen molar-refractivity contribution in [2.45, 2.75) is 44.9 Å². The van der Waals surface area contributed by atoms with Crippen LogP contribution >= 0.6 is 0 Å². The third kappa shape index (κ3) is 2.89. The Balaban J connectivity index is 1.68. The number of carbonyl (C=O) groups is 1. The molecule has 0 aromatic heterocycles. The van der Waals surface area contributed by atoms with Crippen molar-refractivity contribution < 1.29 is 9.53 Å². The summed E-state index contributed by atoms with van der Waals surface area (Å²) in [6.07, 6.45) is 7.83. The Kier molecular flexibility index (Phi) is 3.81. The molecule has 3 rings (SSSR count). The zero-order valence-electron chi connectivity index (χ0n) is 11.8. The van der Waals surface area contributed by atoms with Crippen molar-refractivity contribution in [3.05, 3.63) is 17.7 Å². The maximum absolute atomic E-state index is 11.4. The molecule has 1 aromatic rings. The largest absolute Gasteiger partial charge is 0.491 e. The van der Waals surface area contributed by atoms with Gasteiger partial charge < -0.3 is 15.8 Å². The molecule has 1 aliphatic heterocycles. The molecule has 108 valence electrons. The van der Waals surface area contributed by atoms with Crippen LogP contribution in [-0.4, -0.2) is 12.5 Å². The smallest absolute Gasteiger partial charge is 0.224 e. The molecule has 1 aliphatic carbocycles. The predicted octanol–water partition coefficient (Wildman–Crippen LogP) is 3.11. The number of nitrogens with one attached hydrogen (secondary N) is 1. The van der Waals surface area contributed by atoms with Gasteiger partial charge in [0.25, 0.3) is 0 Å². The summed E-state index contributed by atoms with van der Waals surface area (Å²) >= 11 is 0. The van der Waals surface area contributed by atoms with Gasteiger partial charge in [0.2, 0.25) is 5.91 Å². The number of benzene rings is 1. The summed E-state index contributed by atoms with van der Waals surface area (Å²) in [5.41, 5.74) is 8.60. The lowest BCUT2D eigenvalue weighted by Gasteiger charge is -2.23. The van der Waals surface area contributed by atoms with Crippen LogP contribution < -0.4 is 15.8 Å². The third-order valence-corrected chi connectivity index (χ3v) is 4.33. The van der Waals surface area contributed by atoms with E-state index in [1.807, 2.05) is 12.1 Å². The van der Waals surface area contributed by atoms with E-state index in [9.17, 15) is 4.79 Å². The standard InChI is InChI=1S/C16H22N2O2/c17-13-9-14-12(6-7-16(19)18-14)8-15(13)20-10-11-4-2-1-3-5-11/h8-9,11H,1-7,10,17H2,(H,18,19). The SMILES string of the molecule is Nc1cc2c(cc1OCC1CCCCC1)CCC(=O)N2. The molecule has 2 aliphatic rings. The summed E-state index contributed by atoms with van der Waals surface area (Å²) in [5.74, 6) is 1.50. The molecule has 1 saturated carbocycles. The monoisotopic (exact) mass is 274 g/mol. The molecule has 0 unspecified atom stereocenters. The maximum Gasteiger partial charge on any atom is 0.224 e. The van der Waals surface area contributed by atoms with E-state index in [-0.39, 0.29) is 5.91 Å². The van der Waals surface area contributed by atoms with Gasteiger partial charge in [-0.25, -0.2) is 0 Å². The van der Waals surface area contributed by atoms with Gasteiger partial charge in [-0.2, -0.15) is 0 Å². The molecule has 0 atom stereocenters. The first-order chi connectivity index (χ1) is 9.72. The number of rotatable bonds is 3. The molecule has 1 aromatic carbocycles. The van der Waals surface area contributed by atoms with Gasteiger partial charge in [0.05, 0.1) is 12.3 Å². The fourth-order valence-corrected chi connectivity index (χ4v) is 3.11. The number of hydrogen-bond donors (Lipinski definition) is 2. The summed E-state index contributed by atoms with van der Waals surface area (Å²) < 4.78 is 5.93. The highest BCUT2D eigenvalue weighted by Crippen LogP contribution is 2.33. The summed E-state index contributed by atoms with van der Waals surface area (Å²) in [6.45, 7) is 0.759. The molecule has 0 spiro atoms. The minimum absolute atomic E-state index is 0.0628. The van der Waals surface area contributed by atoms with Crippen LogP contribution in [0.3, 0.4) is 0 Å². The van der Waals surface area contributed by atoms with E-state index >= 15 is 0 Å². The Morgan fingerprint density at radius 2 is 2.00 bits per heavy atom. The lowest BCUT2D eigenvalue weighted by Crippen LogP contribution is -2.20. The van der Waals surface area contributed by atoms with Crippen LogP contribution in [0.25, 0.3) is 0 Å². The minimum Gasteiger partial charge on any atom is -0.491 e. The van der Waals surface area contributed by atoms with Gasteiger partial charge in [0.1, 0.15) is 5.75 Å². The molecule has 1 fully saturated rings. The molecular formula is C16H22N2O2. The second-order valence-corrected chi connectivity index (χ2v) is 5.91. The topological polar surface area (TPSA) is 64.3 Å². The summed E-state index contributed by atoms with van der Waals surface area (Å²) in [6, 6.07) is 3.82. The number of ether oxygens (including phenoxy) is 1. The van der Waals surface area contributed by atoms with Crippen LogP contribution in [0.15, 0.2) is 12.1 Å². The van der Waals surface area contributed by atoms with E-state index in [4.69, 9.17) is 10.5 Å². The van der Waals surface area contributed by atoms with E-state index in [0.717, 1.165) is 30.0 Å². The summed E-state index contributed by atoms with van der Waals surface area (Å²) in [4.78, 5) is 11.4. The van der Waals surface area contributed by atoms with E-state index in [1.165, 1.54) is 32.1 Å². The van der Waals surface area contributed by atoms with Crippen LogP contribution in [0.5, 0.6) is 5.75 Å². The van der Waals surface area contributed by atoms with Gasteiger partial charge in [-0.1, -0.05) is 19.3 Å². The first-order valence-electron chi connectivity index (χ1n) is 7.57. The average molecular weight is 274 g/mol. The molecular weight excluding hydrogens is 252 g/mol. The third-order valence-electron chi connectivity index (χ3n) is 4.33. The van der Waals surface area contributed by atoms with E-state index in [2.05, 4.69) is 5.32 Å². The summed E-state index contributed by atoms with van der Waals surface area (Å²) in [5, 5.41) is 2.86. The van der Waals surface area contributed by atoms with Gasteiger partial charge in [0, 0.05) is 12.1 Å². The number of nitrogen functional groups attached to an aromatic ring is 1. The zero-order valence-corrected chi connectivity index (χ0v) is 11.8. The number of hydrogen-bond acceptors (Lipinski definition) is 3. The fourth-order valence-electron chi connectivity index (χ4n) is 3.11. The molecule has 20 heavy (non-hydrogen) atoms. The van der Waals surface area contributed by atoms with Gasteiger partial charge in [-0.05, 0) is 42.9 Å². The highest BCUT2D eigenvalue weighted by molar-refractivity contribution is 5.94. The lowest BCUT2D eigenvalue weighted by molar-refractivity contribution is -0.116. The Labute approximate surface area is 119 Å². The van der Waals surface area contributed by atoms with Crippen molar-refractivity contribution in [1.82, 2.24) is 0 Å². The predicted molar refractivity (Wildman–Crippen MR) is 79.9 cm³/mol. The van der Waals surface area contributed by atoms with Crippen molar-refractivity contribution in [3.8, 4) is 5.75 Å². The second-order valence-electron chi connectivity index (χ2n) is 5.91. The quantitative estimate of drug-likeness (QED) is 0.832. The molecule has 0 bridgehead atoms. The van der Waals surface area contributed by atoms with E-state index in [1.54, 1.807) is 0 Å². The van der Waals surface area contributed by atoms with Crippen molar-refractivity contribution >= 4 is 17.3 Å². The Morgan fingerprint density at radius 1 is 1.20 bits per heavy atom. The van der Waals surface area contributed by atoms with Gasteiger partial charge in [-0.3, -0.25) is 4.79 Å². The number of aryl methyl sites for hydroxylation is 1. The number of nitrogens with two attached hydrogens (primary N) is 1. The number of anilines is 2. The average Bonchev–Trinajstić information content (AvgIpc) is 2.46. The highest BCUT2D eigenvalue weighted by atomic mass is 16.5. The Bertz CT molecular complexity index is 507. The van der Waals surface area contributed by atoms with Crippen LogP contribution in [0.1, 0.15) is 44.1 Å². The Morgan fingerprint density at radius 3 is 2.80 bits per heavy atom. The number of amides is 1. The van der Waals surface area contributed by atoms with Gasteiger partial charge in [0.15, 0.2) is 0 Å². The molecule has 1 amide bonds. The van der Waals surface area contributed by atoms with Crippen molar-refractivity contribution in [1.29, 1.82) is 0 Å². The molecule has 1 heterocycles. The minimum atomic E-state index is 0.0628. The lowest BCUT2D eigenvalue weighted by atomic mass is 9.90. The zero-order chi connectivity index (χ0) is 13.9. The van der Waals surface area contributed by atoms with Crippen LogP contribution in [-0.2, 0) is 11.2 Å². The fraction of sp³-hybridized carbons (Fsp3) is 0.562. The molecule has 4 nitrogen and oxygen atoms in total. The molecule has 0 saturated heterocycles. The van der Waals surface area contributed by atoms with Crippen LogP contribution in [0.2, 0.25) is 0 Å². The number of fused-ring (bicyclic) bond motifs is 1.